The Morgan fingerprint density at radius 3 is 2.83 bits per heavy atom. The number of para-hydroxylation sites is 1. The average molecular weight is 260 g/mol. The molecule has 0 saturated carbocycles. The van der Waals surface area contributed by atoms with Crippen LogP contribution in [0.2, 0.25) is 0 Å². The summed E-state index contributed by atoms with van der Waals surface area (Å²) in [6.07, 6.45) is 2.89. The summed E-state index contributed by atoms with van der Waals surface area (Å²) in [4.78, 5) is 9.01. The first-order valence-corrected chi connectivity index (χ1v) is 6.67. The van der Waals surface area contributed by atoms with Crippen molar-refractivity contribution < 1.29 is 0 Å². The van der Waals surface area contributed by atoms with Crippen LogP contribution in [-0.2, 0) is 12.4 Å². The third-order valence-electron chi connectivity index (χ3n) is 3.13. The van der Waals surface area contributed by atoms with Crippen LogP contribution >= 0.6 is 11.6 Å². The van der Waals surface area contributed by atoms with Gasteiger partial charge in [0, 0.05) is 11.9 Å². The molecule has 0 unspecified atom stereocenters. The van der Waals surface area contributed by atoms with Crippen LogP contribution in [0, 0.1) is 0 Å². The Morgan fingerprint density at radius 1 is 1.22 bits per heavy atom. The fraction of sp³-hybridized carbons (Fsp3) is 0.286. The fourth-order valence-corrected chi connectivity index (χ4v) is 2.58. The second-order valence-electron chi connectivity index (χ2n) is 4.32. The topological polar surface area (TPSA) is 30.7 Å². The van der Waals surface area contributed by atoms with Crippen LogP contribution < -0.4 is 0 Å². The monoisotopic (exact) mass is 259 g/mol. The SMILES string of the molecule is CCCn1c(CCl)nc2cnc3ccccc3c21. The third-order valence-corrected chi connectivity index (χ3v) is 3.36. The van der Waals surface area contributed by atoms with Gasteiger partial charge in [0.05, 0.1) is 23.1 Å². The molecule has 0 radical (unpaired) electrons. The normalized spacial score (nSPS) is 11.4. The van der Waals surface area contributed by atoms with Gasteiger partial charge in [0.15, 0.2) is 0 Å². The van der Waals surface area contributed by atoms with Gasteiger partial charge in [0.1, 0.15) is 11.3 Å². The lowest BCUT2D eigenvalue weighted by Gasteiger charge is -2.07. The molecule has 92 valence electrons. The number of halogens is 1. The maximum Gasteiger partial charge on any atom is 0.124 e. The van der Waals surface area contributed by atoms with Crippen molar-refractivity contribution in [2.24, 2.45) is 0 Å². The summed E-state index contributed by atoms with van der Waals surface area (Å²) in [7, 11) is 0. The van der Waals surface area contributed by atoms with Crippen LogP contribution in [0.1, 0.15) is 19.2 Å². The number of fused-ring (bicyclic) bond motifs is 3. The zero-order chi connectivity index (χ0) is 12.5. The number of alkyl halides is 1. The van der Waals surface area contributed by atoms with Crippen LogP contribution in [0.5, 0.6) is 0 Å². The largest absolute Gasteiger partial charge is 0.326 e. The van der Waals surface area contributed by atoms with Gasteiger partial charge in [-0.3, -0.25) is 4.98 Å². The number of pyridine rings is 1. The molecule has 0 bridgehead atoms. The van der Waals surface area contributed by atoms with Crippen molar-refractivity contribution in [3.8, 4) is 0 Å². The Kier molecular flexibility index (Phi) is 2.92. The van der Waals surface area contributed by atoms with E-state index >= 15 is 0 Å². The quantitative estimate of drug-likeness (QED) is 0.671. The van der Waals surface area contributed by atoms with Gasteiger partial charge in [-0.05, 0) is 12.5 Å². The smallest absolute Gasteiger partial charge is 0.124 e. The van der Waals surface area contributed by atoms with E-state index in [4.69, 9.17) is 11.6 Å². The van der Waals surface area contributed by atoms with Crippen molar-refractivity contribution in [2.45, 2.75) is 25.8 Å². The van der Waals surface area contributed by atoms with Crippen molar-refractivity contribution in [1.29, 1.82) is 0 Å². The van der Waals surface area contributed by atoms with Gasteiger partial charge >= 0.3 is 0 Å². The predicted molar refractivity (Wildman–Crippen MR) is 74.9 cm³/mol. The summed E-state index contributed by atoms with van der Waals surface area (Å²) >= 11 is 5.99. The molecule has 0 aliphatic rings. The molecule has 0 atom stereocenters. The summed E-state index contributed by atoms with van der Waals surface area (Å²) in [5, 5.41) is 1.15. The minimum atomic E-state index is 0.434. The molecular formula is C14H14ClN3. The lowest BCUT2D eigenvalue weighted by molar-refractivity contribution is 0.673. The van der Waals surface area contributed by atoms with Gasteiger partial charge in [-0.25, -0.2) is 4.98 Å². The minimum Gasteiger partial charge on any atom is -0.326 e. The molecule has 3 nitrogen and oxygen atoms in total. The molecule has 0 aliphatic heterocycles. The number of rotatable bonds is 3. The molecular weight excluding hydrogens is 246 g/mol. The molecule has 0 N–H and O–H groups in total. The highest BCUT2D eigenvalue weighted by Gasteiger charge is 2.12. The second-order valence-corrected chi connectivity index (χ2v) is 4.59. The Hall–Kier alpha value is -1.61. The number of imidazole rings is 1. The molecule has 0 saturated heterocycles. The van der Waals surface area contributed by atoms with Crippen molar-refractivity contribution in [3.63, 3.8) is 0 Å². The van der Waals surface area contributed by atoms with E-state index in [1.807, 2.05) is 24.4 Å². The van der Waals surface area contributed by atoms with E-state index in [-0.39, 0.29) is 0 Å². The van der Waals surface area contributed by atoms with Gasteiger partial charge in [-0.2, -0.15) is 0 Å². The first kappa shape index (κ1) is 11.5. The molecule has 0 amide bonds. The van der Waals surface area contributed by atoms with Crippen molar-refractivity contribution in [2.75, 3.05) is 0 Å². The molecule has 0 aliphatic carbocycles. The van der Waals surface area contributed by atoms with Crippen LogP contribution in [0.4, 0.5) is 0 Å². The van der Waals surface area contributed by atoms with Crippen molar-refractivity contribution in [1.82, 2.24) is 14.5 Å². The molecule has 3 rings (SSSR count). The van der Waals surface area contributed by atoms with E-state index < -0.39 is 0 Å². The Labute approximate surface area is 110 Å². The molecule has 18 heavy (non-hydrogen) atoms. The van der Waals surface area contributed by atoms with Gasteiger partial charge in [0.2, 0.25) is 0 Å². The summed E-state index contributed by atoms with van der Waals surface area (Å²) in [6, 6.07) is 8.16. The molecule has 3 aromatic rings. The third kappa shape index (κ3) is 1.66. The molecule has 1 aromatic carbocycles. The van der Waals surface area contributed by atoms with E-state index in [0.717, 1.165) is 40.7 Å². The number of aromatic nitrogens is 3. The molecule has 0 spiro atoms. The van der Waals surface area contributed by atoms with Gasteiger partial charge in [0.25, 0.3) is 0 Å². The number of hydrogen-bond acceptors (Lipinski definition) is 2. The lowest BCUT2D eigenvalue weighted by Crippen LogP contribution is -2.01. The lowest BCUT2D eigenvalue weighted by atomic mass is 10.2. The maximum atomic E-state index is 5.99. The first-order valence-electron chi connectivity index (χ1n) is 6.14. The summed E-state index contributed by atoms with van der Waals surface area (Å²) in [5.74, 6) is 1.36. The Bertz CT molecular complexity index is 703. The maximum absolute atomic E-state index is 5.99. The van der Waals surface area contributed by atoms with Gasteiger partial charge in [-0.15, -0.1) is 11.6 Å². The van der Waals surface area contributed by atoms with E-state index in [1.165, 1.54) is 0 Å². The van der Waals surface area contributed by atoms with E-state index in [9.17, 15) is 0 Å². The highest BCUT2D eigenvalue weighted by atomic mass is 35.5. The minimum absolute atomic E-state index is 0.434. The van der Waals surface area contributed by atoms with E-state index in [0.29, 0.717) is 5.88 Å². The van der Waals surface area contributed by atoms with Crippen molar-refractivity contribution >= 4 is 33.5 Å². The second kappa shape index (κ2) is 4.58. The van der Waals surface area contributed by atoms with Crippen LogP contribution in [0.25, 0.3) is 21.9 Å². The standard InChI is InChI=1S/C14H14ClN3/c1-2-7-18-13(8-15)17-12-9-16-11-6-4-3-5-10(11)14(12)18/h3-6,9H,2,7-8H2,1H3. The molecule has 2 aromatic heterocycles. The highest BCUT2D eigenvalue weighted by molar-refractivity contribution is 6.17. The fourth-order valence-electron chi connectivity index (χ4n) is 2.38. The number of nitrogens with zero attached hydrogens (tertiary/aromatic N) is 3. The summed E-state index contributed by atoms with van der Waals surface area (Å²) in [6.45, 7) is 3.10. The Morgan fingerprint density at radius 2 is 2.06 bits per heavy atom. The number of aryl methyl sites for hydroxylation is 1. The highest BCUT2D eigenvalue weighted by Crippen LogP contribution is 2.25. The van der Waals surface area contributed by atoms with Crippen LogP contribution in [0.3, 0.4) is 0 Å². The van der Waals surface area contributed by atoms with E-state index in [2.05, 4.69) is 27.5 Å². The molecule has 4 heteroatoms. The molecule has 2 heterocycles. The summed E-state index contributed by atoms with van der Waals surface area (Å²) < 4.78 is 2.21. The van der Waals surface area contributed by atoms with Crippen molar-refractivity contribution in [3.05, 3.63) is 36.3 Å². The number of hydrogen-bond donors (Lipinski definition) is 0. The van der Waals surface area contributed by atoms with E-state index in [1.54, 1.807) is 0 Å². The predicted octanol–water partition coefficient (Wildman–Crippen LogP) is 3.73. The first-order chi connectivity index (χ1) is 8.85. The van der Waals surface area contributed by atoms with Gasteiger partial charge in [-0.1, -0.05) is 25.1 Å². The van der Waals surface area contributed by atoms with Crippen LogP contribution in [-0.4, -0.2) is 14.5 Å². The average Bonchev–Trinajstić information content (AvgIpc) is 2.78. The van der Waals surface area contributed by atoms with Crippen LogP contribution in [0.15, 0.2) is 30.5 Å². The zero-order valence-corrected chi connectivity index (χ0v) is 11.0. The molecule has 0 fully saturated rings. The number of benzene rings is 1. The summed E-state index contributed by atoms with van der Waals surface area (Å²) in [5.41, 5.74) is 3.08. The Balaban J connectivity index is 2.43. The van der Waals surface area contributed by atoms with Gasteiger partial charge < -0.3 is 4.57 Å². The zero-order valence-electron chi connectivity index (χ0n) is 10.2.